The highest BCUT2D eigenvalue weighted by Gasteiger charge is 2.32. The molecule has 1 saturated heterocycles. The van der Waals surface area contributed by atoms with Crippen LogP contribution in [0.5, 0.6) is 0 Å². The Kier molecular flexibility index (Phi) is 7.67. The summed E-state index contributed by atoms with van der Waals surface area (Å²) in [4.78, 5) is 54.8. The molecule has 4 rings (SSSR count). The van der Waals surface area contributed by atoms with Gasteiger partial charge in [-0.15, -0.1) is 0 Å². The second-order valence-corrected chi connectivity index (χ2v) is 9.12. The fourth-order valence-corrected chi connectivity index (χ4v) is 4.19. The third-order valence-corrected chi connectivity index (χ3v) is 6.23. The molecule has 2 N–H and O–H groups in total. The Labute approximate surface area is 213 Å². The van der Waals surface area contributed by atoms with E-state index in [0.717, 1.165) is 17.5 Å². The highest BCUT2D eigenvalue weighted by atomic mass is 32.1. The maximum Gasteiger partial charge on any atom is 0.414 e. The number of amides is 2. The van der Waals surface area contributed by atoms with Crippen LogP contribution in [0.3, 0.4) is 0 Å². The van der Waals surface area contributed by atoms with E-state index in [1.165, 1.54) is 30.2 Å². The van der Waals surface area contributed by atoms with Crippen LogP contribution in [0, 0.1) is 15.9 Å². The predicted molar refractivity (Wildman–Crippen MR) is 133 cm³/mol. The van der Waals surface area contributed by atoms with Gasteiger partial charge in [0.2, 0.25) is 5.91 Å². The average molecular weight is 529 g/mol. The molecule has 14 heteroatoms. The summed E-state index contributed by atoms with van der Waals surface area (Å²) in [6.45, 7) is 1.56. The van der Waals surface area contributed by atoms with Gasteiger partial charge in [0, 0.05) is 12.0 Å². The van der Waals surface area contributed by atoms with E-state index in [1.54, 1.807) is 18.2 Å². The summed E-state index contributed by atoms with van der Waals surface area (Å²) in [7, 11) is 0. The van der Waals surface area contributed by atoms with Gasteiger partial charge in [0.05, 0.1) is 41.3 Å². The van der Waals surface area contributed by atoms with Crippen molar-refractivity contribution in [3.8, 4) is 11.3 Å². The predicted octanol–water partition coefficient (Wildman–Crippen LogP) is 4.00. The first kappa shape index (κ1) is 25.6. The summed E-state index contributed by atoms with van der Waals surface area (Å²) in [5.74, 6) is -1.03. The topological polar surface area (TPSA) is 157 Å². The second-order valence-electron chi connectivity index (χ2n) is 8.12. The standard InChI is InChI=1S/C23H21FN6O6S/c1-13(31)2-5-16-12-29(23(33)36-16)15-4-6-17(18(24)8-15)19-7-3-14(9-26-19)25-10-20(32)28-22-27-11-21(37-22)30(34)35/h3-4,6-9,11,16,25H,2,5,10,12H2,1H3,(H,27,28,32)/t16-/m0/s1. The third-order valence-electron chi connectivity index (χ3n) is 5.37. The molecule has 0 bridgehead atoms. The van der Waals surface area contributed by atoms with E-state index in [1.807, 2.05) is 0 Å². The van der Waals surface area contributed by atoms with E-state index in [-0.39, 0.29) is 34.6 Å². The molecule has 0 unspecified atom stereocenters. The Hall–Kier alpha value is -4.46. The molecule has 3 aromatic rings. The van der Waals surface area contributed by atoms with Gasteiger partial charge in [0.15, 0.2) is 5.13 Å². The van der Waals surface area contributed by atoms with Gasteiger partial charge in [-0.05, 0) is 55.0 Å². The van der Waals surface area contributed by atoms with Crippen LogP contribution in [0.4, 0.5) is 30.7 Å². The van der Waals surface area contributed by atoms with Gasteiger partial charge in [0.25, 0.3) is 0 Å². The van der Waals surface area contributed by atoms with Gasteiger partial charge in [-0.3, -0.25) is 24.8 Å². The number of thiazole rings is 1. The van der Waals surface area contributed by atoms with Crippen LogP contribution in [0.25, 0.3) is 11.3 Å². The van der Waals surface area contributed by atoms with Crippen molar-refractivity contribution >= 4 is 50.6 Å². The zero-order chi connectivity index (χ0) is 26.5. The monoisotopic (exact) mass is 528 g/mol. The number of anilines is 3. The highest BCUT2D eigenvalue weighted by Crippen LogP contribution is 2.29. The smallest absolute Gasteiger partial charge is 0.414 e. The van der Waals surface area contributed by atoms with Crippen molar-refractivity contribution in [1.82, 2.24) is 9.97 Å². The largest absolute Gasteiger partial charge is 0.444 e. The number of halogens is 1. The van der Waals surface area contributed by atoms with E-state index >= 15 is 0 Å². The number of nitro groups is 1. The first-order valence-corrected chi connectivity index (χ1v) is 11.9. The van der Waals surface area contributed by atoms with Crippen molar-refractivity contribution in [3.63, 3.8) is 0 Å². The number of nitrogens with one attached hydrogen (secondary N) is 2. The van der Waals surface area contributed by atoms with Crippen LogP contribution in [0.2, 0.25) is 0 Å². The number of hydrogen-bond acceptors (Lipinski definition) is 10. The van der Waals surface area contributed by atoms with Gasteiger partial charge in [-0.1, -0.05) is 0 Å². The minimum atomic E-state index is -0.594. The highest BCUT2D eigenvalue weighted by molar-refractivity contribution is 7.18. The van der Waals surface area contributed by atoms with E-state index < -0.39 is 28.8 Å². The lowest BCUT2D eigenvalue weighted by Crippen LogP contribution is -2.24. The lowest BCUT2D eigenvalue weighted by Gasteiger charge is -2.14. The zero-order valence-corrected chi connectivity index (χ0v) is 20.3. The molecular weight excluding hydrogens is 507 g/mol. The number of hydrogen-bond donors (Lipinski definition) is 2. The molecule has 1 aliphatic rings. The summed E-state index contributed by atoms with van der Waals surface area (Å²) < 4.78 is 20.2. The van der Waals surface area contributed by atoms with E-state index in [0.29, 0.717) is 29.9 Å². The molecule has 3 heterocycles. The molecule has 12 nitrogen and oxygen atoms in total. The Bertz CT molecular complexity index is 1350. The second kappa shape index (κ2) is 11.1. The fourth-order valence-electron chi connectivity index (χ4n) is 3.54. The van der Waals surface area contributed by atoms with Gasteiger partial charge in [0.1, 0.15) is 23.9 Å². The van der Waals surface area contributed by atoms with Crippen molar-refractivity contribution < 1.29 is 28.4 Å². The molecule has 0 saturated carbocycles. The zero-order valence-electron chi connectivity index (χ0n) is 19.5. The summed E-state index contributed by atoms with van der Waals surface area (Å²) in [5, 5.41) is 15.9. The molecule has 1 atom stereocenters. The average Bonchev–Trinajstić information content (AvgIpc) is 3.48. The minimum Gasteiger partial charge on any atom is -0.444 e. The molecule has 1 aliphatic heterocycles. The Morgan fingerprint density at radius 1 is 1.27 bits per heavy atom. The first-order valence-electron chi connectivity index (χ1n) is 11.1. The number of pyridine rings is 1. The van der Waals surface area contributed by atoms with Crippen LogP contribution in [0.15, 0.2) is 42.7 Å². The van der Waals surface area contributed by atoms with Crippen molar-refractivity contribution in [2.75, 3.05) is 28.6 Å². The lowest BCUT2D eigenvalue weighted by molar-refractivity contribution is -0.380. The number of carbonyl (C=O) groups excluding carboxylic acids is 3. The van der Waals surface area contributed by atoms with Crippen LogP contribution in [-0.2, 0) is 14.3 Å². The summed E-state index contributed by atoms with van der Waals surface area (Å²) in [6, 6.07) is 7.52. The van der Waals surface area contributed by atoms with Crippen LogP contribution in [0.1, 0.15) is 19.8 Å². The molecule has 0 radical (unpaired) electrons. The van der Waals surface area contributed by atoms with Crippen LogP contribution < -0.4 is 15.5 Å². The Balaban J connectivity index is 1.34. The number of benzene rings is 1. The van der Waals surface area contributed by atoms with Crippen molar-refractivity contribution in [2.24, 2.45) is 0 Å². The van der Waals surface area contributed by atoms with E-state index in [4.69, 9.17) is 4.74 Å². The Morgan fingerprint density at radius 2 is 2.08 bits per heavy atom. The molecule has 2 aromatic heterocycles. The number of nitrogens with zero attached hydrogens (tertiary/aromatic N) is 4. The van der Waals surface area contributed by atoms with Gasteiger partial charge in [-0.2, -0.15) is 0 Å². The first-order chi connectivity index (χ1) is 17.7. The molecule has 192 valence electrons. The molecule has 1 fully saturated rings. The Morgan fingerprint density at radius 3 is 2.73 bits per heavy atom. The lowest BCUT2D eigenvalue weighted by atomic mass is 10.1. The molecule has 2 amide bonds. The summed E-state index contributed by atoms with van der Waals surface area (Å²) in [5.41, 5.74) is 1.40. The van der Waals surface area contributed by atoms with Crippen molar-refractivity contribution in [3.05, 3.63) is 58.7 Å². The van der Waals surface area contributed by atoms with Gasteiger partial charge >= 0.3 is 11.1 Å². The van der Waals surface area contributed by atoms with Crippen LogP contribution in [-0.4, -0.2) is 51.9 Å². The number of Topliss-reactive ketones (excluding diaryl/α,β-unsaturated/α-hetero) is 1. The summed E-state index contributed by atoms with van der Waals surface area (Å²) >= 11 is 0.745. The number of carbonyl (C=O) groups is 3. The maximum absolute atomic E-state index is 14.9. The number of ketones is 1. The summed E-state index contributed by atoms with van der Waals surface area (Å²) in [6.07, 6.45) is 2.19. The maximum atomic E-state index is 14.9. The molecule has 0 aliphatic carbocycles. The number of aromatic nitrogens is 2. The normalized spacial score (nSPS) is 14.8. The van der Waals surface area contributed by atoms with E-state index in [2.05, 4.69) is 20.6 Å². The quantitative estimate of drug-likeness (QED) is 0.293. The fraction of sp³-hybridized carbons (Fsp3) is 0.261. The number of cyclic esters (lactones) is 1. The van der Waals surface area contributed by atoms with E-state index in [9.17, 15) is 28.9 Å². The van der Waals surface area contributed by atoms with Crippen molar-refractivity contribution in [1.29, 1.82) is 0 Å². The van der Waals surface area contributed by atoms with Crippen LogP contribution >= 0.6 is 11.3 Å². The number of ether oxygens (including phenoxy) is 1. The van der Waals surface area contributed by atoms with Crippen molar-refractivity contribution in [2.45, 2.75) is 25.9 Å². The molecular formula is C23H21FN6O6S. The van der Waals surface area contributed by atoms with Gasteiger partial charge in [-0.25, -0.2) is 14.2 Å². The minimum absolute atomic E-state index is 0.00542. The third kappa shape index (κ3) is 6.41. The molecule has 1 aromatic carbocycles. The number of rotatable bonds is 10. The molecule has 0 spiro atoms. The SMILES string of the molecule is CC(=O)CC[C@H]1CN(c2ccc(-c3ccc(NCC(=O)Nc4ncc([N+](=O)[O-])s4)cn3)c(F)c2)C(=O)O1. The van der Waals surface area contributed by atoms with Gasteiger partial charge < -0.3 is 20.2 Å². The molecule has 37 heavy (non-hydrogen) atoms.